The Morgan fingerprint density at radius 2 is 2.21 bits per heavy atom. The van der Waals surface area contributed by atoms with E-state index in [0.29, 0.717) is 17.1 Å². The van der Waals surface area contributed by atoms with Gasteiger partial charge < -0.3 is 10.3 Å². The lowest BCUT2D eigenvalue weighted by atomic mass is 10.1. The summed E-state index contributed by atoms with van der Waals surface area (Å²) in [4.78, 5) is 6.96. The second-order valence-electron chi connectivity index (χ2n) is 4.26. The van der Waals surface area contributed by atoms with Gasteiger partial charge in [-0.15, -0.1) is 0 Å². The van der Waals surface area contributed by atoms with Crippen LogP contribution in [0.4, 0.5) is 4.39 Å². The summed E-state index contributed by atoms with van der Waals surface area (Å²) < 4.78 is 13.4. The summed E-state index contributed by atoms with van der Waals surface area (Å²) >= 11 is 12.0. The minimum atomic E-state index is -0.455. The van der Waals surface area contributed by atoms with E-state index in [4.69, 9.17) is 23.2 Å². The predicted octanol–water partition coefficient (Wildman–Crippen LogP) is 3.75. The second kappa shape index (κ2) is 6.37. The van der Waals surface area contributed by atoms with Crippen molar-refractivity contribution in [2.45, 2.75) is 19.4 Å². The van der Waals surface area contributed by atoms with E-state index in [1.54, 1.807) is 12.5 Å². The summed E-state index contributed by atoms with van der Waals surface area (Å²) in [6, 6.07) is 2.66. The molecule has 0 fully saturated rings. The summed E-state index contributed by atoms with van der Waals surface area (Å²) in [5, 5.41) is 3.81. The Morgan fingerprint density at radius 1 is 1.42 bits per heavy atom. The molecular weight excluding hydrogens is 288 g/mol. The van der Waals surface area contributed by atoms with Gasteiger partial charge in [0.25, 0.3) is 0 Å². The zero-order chi connectivity index (χ0) is 13.8. The second-order valence-corrected chi connectivity index (χ2v) is 5.04. The lowest BCUT2D eigenvalue weighted by Gasteiger charge is -2.17. The Kier molecular flexibility index (Phi) is 4.80. The number of rotatable bonds is 5. The van der Waals surface area contributed by atoms with Crippen molar-refractivity contribution < 1.29 is 4.39 Å². The van der Waals surface area contributed by atoms with Crippen molar-refractivity contribution in [2.75, 3.05) is 6.54 Å². The number of imidazole rings is 1. The Bertz CT molecular complexity index is 543. The zero-order valence-corrected chi connectivity index (χ0v) is 11.9. The standard InChI is InChI=1S/C13H14Cl2FN3/c1-8(18-5-4-9-6-17-7-19-9)12-10(14)2-3-11(16)13(12)15/h2-3,6-8,18H,4-5H2,1H3,(H,17,19). The van der Waals surface area contributed by atoms with Crippen molar-refractivity contribution >= 4 is 23.2 Å². The van der Waals surface area contributed by atoms with Gasteiger partial charge in [-0.2, -0.15) is 0 Å². The van der Waals surface area contributed by atoms with Crippen molar-refractivity contribution in [2.24, 2.45) is 0 Å². The minimum Gasteiger partial charge on any atom is -0.348 e. The SMILES string of the molecule is CC(NCCc1cnc[nH]1)c1c(Cl)ccc(F)c1Cl. The largest absolute Gasteiger partial charge is 0.348 e. The normalized spacial score (nSPS) is 12.6. The Morgan fingerprint density at radius 3 is 2.89 bits per heavy atom. The van der Waals surface area contributed by atoms with Crippen LogP contribution in [0.1, 0.15) is 24.2 Å². The molecule has 0 aliphatic heterocycles. The molecule has 2 N–H and O–H groups in total. The molecule has 1 aromatic heterocycles. The number of hydrogen-bond acceptors (Lipinski definition) is 2. The van der Waals surface area contributed by atoms with Gasteiger partial charge in [0.05, 0.1) is 11.3 Å². The molecule has 2 rings (SSSR count). The van der Waals surface area contributed by atoms with E-state index < -0.39 is 5.82 Å². The molecule has 0 radical (unpaired) electrons. The predicted molar refractivity (Wildman–Crippen MR) is 75.1 cm³/mol. The molecule has 0 saturated carbocycles. The fourth-order valence-electron chi connectivity index (χ4n) is 1.89. The molecule has 2 aromatic rings. The van der Waals surface area contributed by atoms with Crippen molar-refractivity contribution in [3.05, 3.63) is 51.8 Å². The van der Waals surface area contributed by atoms with Gasteiger partial charge in [-0.3, -0.25) is 0 Å². The van der Waals surface area contributed by atoms with Crippen LogP contribution in [0.25, 0.3) is 0 Å². The third-order valence-corrected chi connectivity index (χ3v) is 3.63. The molecule has 0 aliphatic rings. The molecule has 102 valence electrons. The first-order valence-electron chi connectivity index (χ1n) is 5.93. The van der Waals surface area contributed by atoms with Crippen LogP contribution < -0.4 is 5.32 Å². The molecule has 0 aliphatic carbocycles. The van der Waals surface area contributed by atoms with Gasteiger partial charge >= 0.3 is 0 Å². The van der Waals surface area contributed by atoms with Crippen LogP contribution in [-0.2, 0) is 6.42 Å². The van der Waals surface area contributed by atoms with E-state index in [0.717, 1.165) is 12.1 Å². The van der Waals surface area contributed by atoms with Gasteiger partial charge in [-0.05, 0) is 19.1 Å². The zero-order valence-electron chi connectivity index (χ0n) is 10.4. The third-order valence-electron chi connectivity index (χ3n) is 2.91. The lowest BCUT2D eigenvalue weighted by Crippen LogP contribution is -2.22. The highest BCUT2D eigenvalue weighted by atomic mass is 35.5. The first-order valence-corrected chi connectivity index (χ1v) is 6.69. The molecule has 1 atom stereocenters. The van der Waals surface area contributed by atoms with Crippen LogP contribution in [0, 0.1) is 5.82 Å². The number of nitrogens with one attached hydrogen (secondary N) is 2. The highest BCUT2D eigenvalue weighted by Gasteiger charge is 2.16. The Balaban J connectivity index is 2.00. The van der Waals surface area contributed by atoms with E-state index in [2.05, 4.69) is 15.3 Å². The van der Waals surface area contributed by atoms with Crippen molar-refractivity contribution in [1.29, 1.82) is 0 Å². The van der Waals surface area contributed by atoms with E-state index in [9.17, 15) is 4.39 Å². The maximum absolute atomic E-state index is 13.4. The van der Waals surface area contributed by atoms with Crippen LogP contribution in [-0.4, -0.2) is 16.5 Å². The quantitative estimate of drug-likeness (QED) is 0.826. The van der Waals surface area contributed by atoms with Gasteiger partial charge in [-0.1, -0.05) is 23.2 Å². The molecular formula is C13H14Cl2FN3. The summed E-state index contributed by atoms with van der Waals surface area (Å²) in [6.45, 7) is 2.62. The molecule has 19 heavy (non-hydrogen) atoms. The number of nitrogens with zero attached hydrogens (tertiary/aromatic N) is 1. The number of benzene rings is 1. The molecule has 1 unspecified atom stereocenters. The van der Waals surface area contributed by atoms with Crippen molar-refractivity contribution in [3.8, 4) is 0 Å². The van der Waals surface area contributed by atoms with E-state index in [1.165, 1.54) is 12.1 Å². The monoisotopic (exact) mass is 301 g/mol. The van der Waals surface area contributed by atoms with Gasteiger partial charge in [-0.25, -0.2) is 9.37 Å². The number of aromatic nitrogens is 2. The third kappa shape index (κ3) is 3.47. The average Bonchev–Trinajstić information content (AvgIpc) is 2.87. The Labute approximate surface area is 121 Å². The van der Waals surface area contributed by atoms with Crippen molar-refractivity contribution in [1.82, 2.24) is 15.3 Å². The topological polar surface area (TPSA) is 40.7 Å². The molecule has 1 heterocycles. The highest BCUT2D eigenvalue weighted by molar-refractivity contribution is 6.36. The fourth-order valence-corrected chi connectivity index (χ4v) is 2.58. The fraction of sp³-hybridized carbons (Fsp3) is 0.308. The van der Waals surface area contributed by atoms with Gasteiger partial charge in [0.15, 0.2) is 0 Å². The molecule has 0 amide bonds. The van der Waals surface area contributed by atoms with Gasteiger partial charge in [0, 0.05) is 41.5 Å². The smallest absolute Gasteiger partial charge is 0.142 e. The van der Waals surface area contributed by atoms with Crippen LogP contribution in [0.3, 0.4) is 0 Å². The van der Waals surface area contributed by atoms with Gasteiger partial charge in [0.1, 0.15) is 5.82 Å². The number of H-pyrrole nitrogens is 1. The molecule has 6 heteroatoms. The maximum atomic E-state index is 13.4. The van der Waals surface area contributed by atoms with Crippen LogP contribution in [0.15, 0.2) is 24.7 Å². The molecule has 0 saturated heterocycles. The summed E-state index contributed by atoms with van der Waals surface area (Å²) in [5.41, 5.74) is 1.63. The van der Waals surface area contributed by atoms with Crippen LogP contribution >= 0.6 is 23.2 Å². The molecule has 3 nitrogen and oxygen atoms in total. The molecule has 0 bridgehead atoms. The molecule has 0 spiro atoms. The summed E-state index contributed by atoms with van der Waals surface area (Å²) in [6.07, 6.45) is 4.21. The first kappa shape index (κ1) is 14.3. The van der Waals surface area contributed by atoms with E-state index in [-0.39, 0.29) is 11.1 Å². The summed E-state index contributed by atoms with van der Waals surface area (Å²) in [5.74, 6) is -0.455. The highest BCUT2D eigenvalue weighted by Crippen LogP contribution is 2.32. The van der Waals surface area contributed by atoms with E-state index in [1.807, 2.05) is 6.92 Å². The van der Waals surface area contributed by atoms with Gasteiger partial charge in [0.2, 0.25) is 0 Å². The van der Waals surface area contributed by atoms with E-state index >= 15 is 0 Å². The van der Waals surface area contributed by atoms with Crippen LogP contribution in [0.2, 0.25) is 10.0 Å². The minimum absolute atomic E-state index is 0.0778. The number of aromatic amines is 1. The summed E-state index contributed by atoms with van der Waals surface area (Å²) in [7, 11) is 0. The number of halogens is 3. The molecule has 1 aromatic carbocycles. The maximum Gasteiger partial charge on any atom is 0.142 e. The lowest BCUT2D eigenvalue weighted by molar-refractivity contribution is 0.565. The Hall–Kier alpha value is -1.10. The van der Waals surface area contributed by atoms with Crippen molar-refractivity contribution in [3.63, 3.8) is 0 Å². The average molecular weight is 302 g/mol. The first-order chi connectivity index (χ1) is 9.09. The number of hydrogen-bond donors (Lipinski definition) is 2. The van der Waals surface area contributed by atoms with Crippen LogP contribution in [0.5, 0.6) is 0 Å².